The van der Waals surface area contributed by atoms with E-state index in [9.17, 15) is 14.7 Å². The molecule has 17 heavy (non-hydrogen) atoms. The predicted molar refractivity (Wildman–Crippen MR) is 61.1 cm³/mol. The minimum Gasteiger partial charge on any atom is -0.436 e. The molecule has 1 saturated heterocycles. The molecule has 2 atom stereocenters. The van der Waals surface area contributed by atoms with Gasteiger partial charge in [-0.05, 0) is 6.42 Å². The molecule has 1 aliphatic rings. The average molecular weight is 244 g/mol. The van der Waals surface area contributed by atoms with Gasteiger partial charge >= 0.3 is 6.09 Å². The maximum Gasteiger partial charge on any atom is 0.405 e. The van der Waals surface area contributed by atoms with Crippen molar-refractivity contribution in [2.75, 3.05) is 13.1 Å². The second-order valence-electron chi connectivity index (χ2n) is 5.41. The Morgan fingerprint density at radius 3 is 2.41 bits per heavy atom. The molecule has 1 fully saturated rings. The van der Waals surface area contributed by atoms with E-state index in [4.69, 9.17) is 10.5 Å². The van der Waals surface area contributed by atoms with Crippen LogP contribution in [0.5, 0.6) is 0 Å². The van der Waals surface area contributed by atoms with Crippen LogP contribution in [0.2, 0.25) is 0 Å². The number of aliphatic hydroxyl groups is 1. The van der Waals surface area contributed by atoms with E-state index in [1.54, 1.807) is 20.8 Å². The lowest BCUT2D eigenvalue weighted by molar-refractivity contribution is -0.145. The van der Waals surface area contributed by atoms with Crippen LogP contribution in [-0.4, -0.2) is 47.3 Å². The molecule has 0 aromatic heterocycles. The highest BCUT2D eigenvalue weighted by molar-refractivity contribution is 5.84. The Hall–Kier alpha value is -1.30. The molecule has 6 nitrogen and oxygen atoms in total. The molecule has 0 bridgehead atoms. The first-order valence-corrected chi connectivity index (χ1v) is 5.64. The van der Waals surface area contributed by atoms with Crippen LogP contribution >= 0.6 is 0 Å². The SMILES string of the molecule is CC(C)(C)[C@H](OC(N)=O)C(=O)N1CCC(O)C1. The number of nitrogens with zero attached hydrogens (tertiary/aromatic N) is 1. The van der Waals surface area contributed by atoms with Crippen molar-refractivity contribution in [2.45, 2.75) is 39.4 Å². The molecule has 1 heterocycles. The minimum atomic E-state index is -0.960. The van der Waals surface area contributed by atoms with Gasteiger partial charge < -0.3 is 20.5 Å². The summed E-state index contributed by atoms with van der Waals surface area (Å²) < 4.78 is 4.89. The van der Waals surface area contributed by atoms with E-state index >= 15 is 0 Å². The Morgan fingerprint density at radius 1 is 1.47 bits per heavy atom. The summed E-state index contributed by atoms with van der Waals surface area (Å²) in [6.07, 6.45) is -1.81. The van der Waals surface area contributed by atoms with Crippen molar-refractivity contribution in [1.82, 2.24) is 4.90 Å². The molecule has 3 N–H and O–H groups in total. The first-order valence-electron chi connectivity index (χ1n) is 5.64. The fourth-order valence-electron chi connectivity index (χ4n) is 1.82. The highest BCUT2D eigenvalue weighted by Gasteiger charge is 2.39. The van der Waals surface area contributed by atoms with Crippen LogP contribution in [0.4, 0.5) is 4.79 Å². The Bertz CT molecular complexity index is 311. The Balaban J connectivity index is 2.76. The number of amides is 2. The Labute approximate surface area is 101 Å². The topological polar surface area (TPSA) is 92.9 Å². The van der Waals surface area contributed by atoms with Crippen molar-refractivity contribution in [3.63, 3.8) is 0 Å². The van der Waals surface area contributed by atoms with Gasteiger partial charge in [0.05, 0.1) is 6.10 Å². The van der Waals surface area contributed by atoms with Crippen molar-refractivity contribution >= 4 is 12.0 Å². The molecular weight excluding hydrogens is 224 g/mol. The zero-order valence-corrected chi connectivity index (χ0v) is 10.5. The number of carbonyl (C=O) groups excluding carboxylic acids is 2. The summed E-state index contributed by atoms with van der Waals surface area (Å²) in [6.45, 7) is 6.16. The van der Waals surface area contributed by atoms with Crippen molar-refractivity contribution in [3.8, 4) is 0 Å². The first kappa shape index (κ1) is 13.8. The Kier molecular flexibility index (Phi) is 3.98. The van der Waals surface area contributed by atoms with Gasteiger partial charge in [-0.1, -0.05) is 20.8 Å². The van der Waals surface area contributed by atoms with Gasteiger partial charge in [-0.25, -0.2) is 4.79 Å². The average Bonchev–Trinajstić information content (AvgIpc) is 2.58. The van der Waals surface area contributed by atoms with Gasteiger partial charge in [-0.3, -0.25) is 4.79 Å². The second kappa shape index (κ2) is 4.91. The fourth-order valence-corrected chi connectivity index (χ4v) is 1.82. The maximum absolute atomic E-state index is 12.2. The molecule has 0 saturated carbocycles. The van der Waals surface area contributed by atoms with E-state index in [1.165, 1.54) is 4.90 Å². The molecule has 0 spiro atoms. The number of carbonyl (C=O) groups is 2. The van der Waals surface area contributed by atoms with Crippen LogP contribution in [0.1, 0.15) is 27.2 Å². The van der Waals surface area contributed by atoms with E-state index in [0.717, 1.165) is 0 Å². The van der Waals surface area contributed by atoms with Crippen LogP contribution in [-0.2, 0) is 9.53 Å². The van der Waals surface area contributed by atoms with Gasteiger partial charge in [-0.15, -0.1) is 0 Å². The third-order valence-corrected chi connectivity index (χ3v) is 2.72. The molecule has 0 aromatic rings. The summed E-state index contributed by atoms with van der Waals surface area (Å²) in [5, 5.41) is 9.39. The van der Waals surface area contributed by atoms with Gasteiger partial charge in [0.2, 0.25) is 0 Å². The number of ether oxygens (including phenoxy) is 1. The zero-order valence-electron chi connectivity index (χ0n) is 10.5. The van der Waals surface area contributed by atoms with Gasteiger partial charge in [0.1, 0.15) is 0 Å². The van der Waals surface area contributed by atoms with E-state index in [2.05, 4.69) is 0 Å². The number of nitrogens with two attached hydrogens (primary N) is 1. The van der Waals surface area contributed by atoms with E-state index in [-0.39, 0.29) is 12.5 Å². The number of rotatable bonds is 2. The summed E-state index contributed by atoms with van der Waals surface area (Å²) >= 11 is 0. The van der Waals surface area contributed by atoms with Crippen LogP contribution < -0.4 is 5.73 Å². The largest absolute Gasteiger partial charge is 0.436 e. The third-order valence-electron chi connectivity index (χ3n) is 2.72. The molecule has 0 aromatic carbocycles. The van der Waals surface area contributed by atoms with Crippen molar-refractivity contribution in [2.24, 2.45) is 11.1 Å². The molecule has 0 radical (unpaired) electrons. The summed E-state index contributed by atoms with van der Waals surface area (Å²) in [4.78, 5) is 24.5. The molecule has 6 heteroatoms. The predicted octanol–water partition coefficient (Wildman–Crippen LogP) is 0.0896. The smallest absolute Gasteiger partial charge is 0.405 e. The zero-order chi connectivity index (χ0) is 13.2. The number of likely N-dealkylation sites (tertiary alicyclic amines) is 1. The summed E-state index contributed by atoms with van der Waals surface area (Å²) in [5.74, 6) is -0.298. The molecule has 2 amide bonds. The first-order chi connectivity index (χ1) is 7.71. The lowest BCUT2D eigenvalue weighted by Gasteiger charge is -2.31. The van der Waals surface area contributed by atoms with Crippen LogP contribution in [0.25, 0.3) is 0 Å². The van der Waals surface area contributed by atoms with Crippen LogP contribution in [0.15, 0.2) is 0 Å². The van der Waals surface area contributed by atoms with Crippen molar-refractivity contribution in [1.29, 1.82) is 0 Å². The van der Waals surface area contributed by atoms with Crippen LogP contribution in [0, 0.1) is 5.41 Å². The highest BCUT2D eigenvalue weighted by Crippen LogP contribution is 2.25. The lowest BCUT2D eigenvalue weighted by Crippen LogP contribution is -2.47. The molecular formula is C11H20N2O4. The maximum atomic E-state index is 12.2. The second-order valence-corrected chi connectivity index (χ2v) is 5.41. The van der Waals surface area contributed by atoms with Gasteiger partial charge in [0.15, 0.2) is 6.10 Å². The van der Waals surface area contributed by atoms with E-state index in [0.29, 0.717) is 13.0 Å². The quantitative estimate of drug-likeness (QED) is 0.720. The third kappa shape index (κ3) is 3.59. The number of aliphatic hydroxyl groups excluding tert-OH is 1. The van der Waals surface area contributed by atoms with Crippen LogP contribution in [0.3, 0.4) is 0 Å². The van der Waals surface area contributed by atoms with Crippen molar-refractivity contribution < 1.29 is 19.4 Å². The van der Waals surface area contributed by atoms with E-state index < -0.39 is 23.7 Å². The number of primary amides is 1. The van der Waals surface area contributed by atoms with Gasteiger partial charge in [-0.2, -0.15) is 0 Å². The molecule has 1 rings (SSSR count). The number of hydrogen-bond donors (Lipinski definition) is 2. The molecule has 1 aliphatic heterocycles. The van der Waals surface area contributed by atoms with Crippen molar-refractivity contribution in [3.05, 3.63) is 0 Å². The summed E-state index contributed by atoms with van der Waals surface area (Å²) in [6, 6.07) is 0. The monoisotopic (exact) mass is 244 g/mol. The van der Waals surface area contributed by atoms with Gasteiger partial charge in [0, 0.05) is 18.5 Å². The molecule has 0 aliphatic carbocycles. The Morgan fingerprint density at radius 2 is 2.06 bits per heavy atom. The lowest BCUT2D eigenvalue weighted by atomic mass is 9.88. The standard InChI is InChI=1S/C11H20N2O4/c1-11(2,3)8(17-10(12)16)9(15)13-5-4-7(14)6-13/h7-8,14H,4-6H2,1-3H3,(H2,12,16)/t7?,8-/m1/s1. The normalized spacial score (nSPS) is 22.4. The van der Waals surface area contributed by atoms with E-state index in [1.807, 2.05) is 0 Å². The summed E-state index contributed by atoms with van der Waals surface area (Å²) in [5.41, 5.74) is 4.44. The molecule has 98 valence electrons. The minimum absolute atomic E-state index is 0.285. The van der Waals surface area contributed by atoms with Gasteiger partial charge in [0.25, 0.3) is 5.91 Å². The number of β-amino-alcohol motifs (C(OH)–C–C–N with tert-alkyl or cyclic N) is 1. The molecule has 1 unspecified atom stereocenters. The highest BCUT2D eigenvalue weighted by atomic mass is 16.6. The summed E-state index contributed by atoms with van der Waals surface area (Å²) in [7, 11) is 0. The fraction of sp³-hybridized carbons (Fsp3) is 0.818. The number of hydrogen-bond acceptors (Lipinski definition) is 4.